The van der Waals surface area contributed by atoms with Crippen LogP contribution in [-0.4, -0.2) is 24.3 Å². The molecular weight excluding hydrogens is 304 g/mol. The van der Waals surface area contributed by atoms with E-state index in [9.17, 15) is 9.90 Å². The van der Waals surface area contributed by atoms with Crippen molar-refractivity contribution in [2.45, 2.75) is 19.4 Å². The summed E-state index contributed by atoms with van der Waals surface area (Å²) in [5.74, 6) is 0.0901. The number of carboxylic acids is 1. The minimum absolute atomic E-state index is 0.209. The summed E-state index contributed by atoms with van der Waals surface area (Å²) in [5, 5.41) is 10.0. The molecular formula is C17H17ClO4. The van der Waals surface area contributed by atoms with E-state index in [4.69, 9.17) is 21.1 Å². The van der Waals surface area contributed by atoms with Gasteiger partial charge in [-0.15, -0.1) is 0 Å². The predicted molar refractivity (Wildman–Crippen MR) is 84.9 cm³/mol. The van der Waals surface area contributed by atoms with Crippen molar-refractivity contribution in [2.75, 3.05) is 7.11 Å². The van der Waals surface area contributed by atoms with Gasteiger partial charge in [-0.3, -0.25) is 0 Å². The maximum Gasteiger partial charge on any atom is 0.345 e. The Bertz CT molecular complexity index is 669. The van der Waals surface area contributed by atoms with Crippen molar-refractivity contribution in [3.63, 3.8) is 0 Å². The van der Waals surface area contributed by atoms with E-state index in [1.165, 1.54) is 0 Å². The molecule has 4 nitrogen and oxygen atoms in total. The van der Waals surface area contributed by atoms with Gasteiger partial charge in [0.1, 0.15) is 11.5 Å². The van der Waals surface area contributed by atoms with Crippen molar-refractivity contribution in [3.8, 4) is 11.5 Å². The summed E-state index contributed by atoms with van der Waals surface area (Å²) >= 11 is 5.96. The summed E-state index contributed by atoms with van der Waals surface area (Å²) in [5.41, 5.74) is 1.61. The highest BCUT2D eigenvalue weighted by atomic mass is 35.5. The molecule has 0 aliphatic heterocycles. The molecule has 0 radical (unpaired) electrons. The molecule has 2 rings (SSSR count). The average molecular weight is 321 g/mol. The van der Waals surface area contributed by atoms with Crippen LogP contribution in [-0.2, 0) is 11.2 Å². The third-order valence-electron chi connectivity index (χ3n) is 3.28. The highest BCUT2D eigenvalue weighted by Gasteiger charge is 2.22. The van der Waals surface area contributed by atoms with Crippen LogP contribution in [0.2, 0.25) is 5.02 Å². The van der Waals surface area contributed by atoms with E-state index in [1.54, 1.807) is 31.4 Å². The van der Waals surface area contributed by atoms with Crippen molar-refractivity contribution in [2.24, 2.45) is 0 Å². The van der Waals surface area contributed by atoms with Crippen LogP contribution in [0.15, 0.2) is 42.5 Å². The van der Waals surface area contributed by atoms with Gasteiger partial charge < -0.3 is 14.6 Å². The average Bonchev–Trinajstić information content (AvgIpc) is 2.50. The highest BCUT2D eigenvalue weighted by Crippen LogP contribution is 2.24. The van der Waals surface area contributed by atoms with E-state index >= 15 is 0 Å². The Hall–Kier alpha value is -2.20. The van der Waals surface area contributed by atoms with Gasteiger partial charge in [-0.05, 0) is 42.3 Å². The van der Waals surface area contributed by atoms with Crippen molar-refractivity contribution < 1.29 is 19.4 Å². The molecule has 0 aliphatic carbocycles. The minimum Gasteiger partial charge on any atom is -0.496 e. The second kappa shape index (κ2) is 7.18. The van der Waals surface area contributed by atoms with Crippen LogP contribution in [0, 0.1) is 6.92 Å². The van der Waals surface area contributed by atoms with Crippen LogP contribution in [0.5, 0.6) is 11.5 Å². The van der Waals surface area contributed by atoms with E-state index in [2.05, 4.69) is 0 Å². The van der Waals surface area contributed by atoms with Gasteiger partial charge in [0, 0.05) is 11.4 Å². The summed E-state index contributed by atoms with van der Waals surface area (Å²) in [4.78, 5) is 11.5. The molecule has 5 heteroatoms. The highest BCUT2D eigenvalue weighted by molar-refractivity contribution is 6.31. The fourth-order valence-electron chi connectivity index (χ4n) is 2.11. The van der Waals surface area contributed by atoms with Crippen LogP contribution in [0.3, 0.4) is 0 Å². The molecule has 0 heterocycles. The third-order valence-corrected chi connectivity index (χ3v) is 3.71. The number of para-hydroxylation sites is 1. The molecule has 0 bridgehead atoms. The van der Waals surface area contributed by atoms with Crippen molar-refractivity contribution in [3.05, 3.63) is 58.6 Å². The van der Waals surface area contributed by atoms with Crippen molar-refractivity contribution >= 4 is 17.6 Å². The summed E-state index contributed by atoms with van der Waals surface area (Å²) in [6.45, 7) is 1.84. The number of rotatable bonds is 6. The number of hydrogen-bond acceptors (Lipinski definition) is 3. The number of methoxy groups -OCH3 is 1. The number of benzene rings is 2. The second-order valence-electron chi connectivity index (χ2n) is 4.87. The Labute approximate surface area is 134 Å². The largest absolute Gasteiger partial charge is 0.496 e. The Balaban J connectivity index is 2.20. The van der Waals surface area contributed by atoms with Gasteiger partial charge in [-0.25, -0.2) is 4.79 Å². The number of carboxylic acid groups (broad SMARTS) is 1. The third kappa shape index (κ3) is 3.92. The molecule has 1 atom stereocenters. The van der Waals surface area contributed by atoms with E-state index in [1.807, 2.05) is 25.1 Å². The van der Waals surface area contributed by atoms with Gasteiger partial charge in [0.15, 0.2) is 6.10 Å². The Morgan fingerprint density at radius 1 is 1.27 bits per heavy atom. The SMILES string of the molecule is COc1ccccc1C[C@@H](Oc1ccc(Cl)c(C)c1)C(=O)O. The molecule has 1 N–H and O–H groups in total. The van der Waals surface area contributed by atoms with Crippen LogP contribution in [0.4, 0.5) is 0 Å². The molecule has 0 amide bonds. The summed E-state index contributed by atoms with van der Waals surface area (Å²) in [6, 6.07) is 12.4. The van der Waals surface area contributed by atoms with Crippen LogP contribution in [0.1, 0.15) is 11.1 Å². The van der Waals surface area contributed by atoms with E-state index < -0.39 is 12.1 Å². The van der Waals surface area contributed by atoms with Gasteiger partial charge in [0.05, 0.1) is 7.11 Å². The molecule has 0 aliphatic rings. The predicted octanol–water partition coefficient (Wildman–Crippen LogP) is 3.73. The molecule has 0 fully saturated rings. The smallest absolute Gasteiger partial charge is 0.345 e. The Kier molecular flexibility index (Phi) is 5.28. The zero-order chi connectivity index (χ0) is 16.1. The second-order valence-corrected chi connectivity index (χ2v) is 5.28. The lowest BCUT2D eigenvalue weighted by Gasteiger charge is -2.17. The molecule has 116 valence electrons. The van der Waals surface area contributed by atoms with Crippen LogP contribution < -0.4 is 9.47 Å². The zero-order valence-electron chi connectivity index (χ0n) is 12.4. The molecule has 2 aromatic carbocycles. The molecule has 0 spiro atoms. The van der Waals surface area contributed by atoms with Gasteiger partial charge in [-0.1, -0.05) is 29.8 Å². The molecule has 22 heavy (non-hydrogen) atoms. The molecule has 0 saturated carbocycles. The van der Waals surface area contributed by atoms with Gasteiger partial charge >= 0.3 is 5.97 Å². The maximum absolute atomic E-state index is 11.5. The first kappa shape index (κ1) is 16.2. The number of hydrogen-bond donors (Lipinski definition) is 1. The van der Waals surface area contributed by atoms with Gasteiger partial charge in [0.2, 0.25) is 0 Å². The first-order valence-corrected chi connectivity index (χ1v) is 7.16. The lowest BCUT2D eigenvalue weighted by Crippen LogP contribution is -2.29. The van der Waals surface area contributed by atoms with E-state index in [0.29, 0.717) is 16.5 Å². The quantitative estimate of drug-likeness (QED) is 0.881. The van der Waals surface area contributed by atoms with Gasteiger partial charge in [0.25, 0.3) is 0 Å². The minimum atomic E-state index is -1.03. The first-order chi connectivity index (χ1) is 10.5. The van der Waals surface area contributed by atoms with Crippen LogP contribution >= 0.6 is 11.6 Å². The van der Waals surface area contributed by atoms with Crippen LogP contribution in [0.25, 0.3) is 0 Å². The number of aliphatic carboxylic acids is 1. The first-order valence-electron chi connectivity index (χ1n) is 6.78. The summed E-state index contributed by atoms with van der Waals surface area (Å²) in [7, 11) is 1.55. The molecule has 0 saturated heterocycles. The molecule has 2 aromatic rings. The maximum atomic E-state index is 11.5. The molecule has 0 aromatic heterocycles. The molecule has 0 unspecified atom stereocenters. The summed E-state index contributed by atoms with van der Waals surface area (Å²) < 4.78 is 10.8. The Morgan fingerprint density at radius 2 is 2.00 bits per heavy atom. The lowest BCUT2D eigenvalue weighted by atomic mass is 10.1. The van der Waals surface area contributed by atoms with Crippen molar-refractivity contribution in [1.82, 2.24) is 0 Å². The number of halogens is 1. The topological polar surface area (TPSA) is 55.8 Å². The number of ether oxygens (including phenoxy) is 2. The fourth-order valence-corrected chi connectivity index (χ4v) is 2.22. The lowest BCUT2D eigenvalue weighted by molar-refractivity contribution is -0.145. The number of carbonyl (C=O) groups is 1. The van der Waals surface area contributed by atoms with Gasteiger partial charge in [-0.2, -0.15) is 0 Å². The van der Waals surface area contributed by atoms with Crippen molar-refractivity contribution in [1.29, 1.82) is 0 Å². The fraction of sp³-hybridized carbons (Fsp3) is 0.235. The van der Waals surface area contributed by atoms with E-state index in [-0.39, 0.29) is 6.42 Å². The number of aryl methyl sites for hydroxylation is 1. The standard InChI is InChI=1S/C17H17ClO4/c1-11-9-13(7-8-14(11)18)22-16(17(19)20)10-12-5-3-4-6-15(12)21-2/h3-9,16H,10H2,1-2H3,(H,19,20)/t16-/m1/s1. The monoisotopic (exact) mass is 320 g/mol. The normalized spacial score (nSPS) is 11.8. The van der Waals surface area contributed by atoms with E-state index in [0.717, 1.165) is 11.1 Å². The Morgan fingerprint density at radius 3 is 2.64 bits per heavy atom. The summed E-state index contributed by atoms with van der Waals surface area (Å²) in [6.07, 6.45) is -0.794. The zero-order valence-corrected chi connectivity index (χ0v) is 13.1.